The van der Waals surface area contributed by atoms with Crippen molar-refractivity contribution in [2.75, 3.05) is 6.26 Å². The molecule has 0 aromatic rings. The molecule has 5 nitrogen and oxygen atoms in total. The quantitative estimate of drug-likeness (QED) is 0.189. The fourth-order valence-electron chi connectivity index (χ4n) is 7.10. The topological polar surface area (TPSA) is 61.8 Å². The highest BCUT2D eigenvalue weighted by Gasteiger charge is 2.59. The van der Waals surface area contributed by atoms with Gasteiger partial charge in [0.05, 0.1) is 18.0 Å². The Hall–Kier alpha value is 0.264. The van der Waals surface area contributed by atoms with E-state index in [-0.39, 0.29) is 34.2 Å². The molecule has 2 aliphatic rings. The molecule has 8 heteroatoms. The van der Waals surface area contributed by atoms with Gasteiger partial charge in [-0.1, -0.05) is 53.9 Å². The molecule has 0 bridgehead atoms. The minimum absolute atomic E-state index is 0.0321. The van der Waals surface area contributed by atoms with Crippen LogP contribution in [0.1, 0.15) is 93.4 Å². The molecule has 2 rings (SSSR count). The molecule has 0 spiro atoms. The molecule has 6 atom stereocenters. The van der Waals surface area contributed by atoms with Crippen LogP contribution in [0.5, 0.6) is 0 Å². The summed E-state index contributed by atoms with van der Waals surface area (Å²) in [7, 11) is -7.07. The molecule has 214 valence electrons. The normalized spacial score (nSPS) is 31.4. The van der Waals surface area contributed by atoms with E-state index in [2.05, 4.69) is 81.2 Å². The zero-order chi connectivity index (χ0) is 28.0. The Morgan fingerprint density at radius 3 is 2.11 bits per heavy atom. The third-order valence-electron chi connectivity index (χ3n) is 9.33. The first-order chi connectivity index (χ1) is 16.0. The monoisotopic (exact) mass is 562 g/mol. The summed E-state index contributed by atoms with van der Waals surface area (Å²) < 4.78 is 44.0. The standard InChI is InChI=1S/C28H58O5SSi2/c1-21(16-14-18-27(5,6)33-35(9,10)11)25-24(31-34(8,29)30)20-22-23(17-15-19-28(22,25)7)32-36(12,13)26(2,3)4/h21-25H,14-20H2,1-13H3/t21-,22+,23+,24-,25+,28+/m1/s1. The van der Waals surface area contributed by atoms with Crippen LogP contribution in [0.2, 0.25) is 37.8 Å². The summed E-state index contributed by atoms with van der Waals surface area (Å²) in [5, 5.41) is 0.152. The summed E-state index contributed by atoms with van der Waals surface area (Å²) in [4.78, 5) is 0. The van der Waals surface area contributed by atoms with Gasteiger partial charge in [-0.2, -0.15) is 8.42 Å². The molecule has 0 unspecified atom stereocenters. The molecule has 36 heavy (non-hydrogen) atoms. The third kappa shape index (κ3) is 8.38. The Bertz CT molecular complexity index is 843. The van der Waals surface area contributed by atoms with Crippen molar-refractivity contribution in [1.29, 1.82) is 0 Å². The Labute approximate surface area is 226 Å². The van der Waals surface area contributed by atoms with E-state index in [1.807, 2.05) is 0 Å². The Morgan fingerprint density at radius 2 is 1.61 bits per heavy atom. The molecule has 0 amide bonds. The van der Waals surface area contributed by atoms with Crippen molar-refractivity contribution in [2.45, 2.75) is 149 Å². The van der Waals surface area contributed by atoms with Gasteiger partial charge in [0.25, 0.3) is 10.1 Å². The fourth-order valence-corrected chi connectivity index (χ4v) is 10.9. The maximum atomic E-state index is 12.3. The fraction of sp³-hybridized carbons (Fsp3) is 1.00. The van der Waals surface area contributed by atoms with Gasteiger partial charge in [-0.15, -0.1) is 0 Å². The lowest BCUT2D eigenvalue weighted by atomic mass is 9.61. The molecule has 0 aromatic carbocycles. The largest absolute Gasteiger partial charge is 0.414 e. The van der Waals surface area contributed by atoms with Crippen molar-refractivity contribution in [2.24, 2.45) is 23.2 Å². The highest BCUT2D eigenvalue weighted by molar-refractivity contribution is 7.86. The highest BCUT2D eigenvalue weighted by Crippen LogP contribution is 2.60. The van der Waals surface area contributed by atoms with E-state index < -0.39 is 26.8 Å². The second kappa shape index (κ2) is 11.0. The van der Waals surface area contributed by atoms with E-state index in [0.29, 0.717) is 11.8 Å². The van der Waals surface area contributed by atoms with Crippen LogP contribution in [0.15, 0.2) is 0 Å². The summed E-state index contributed by atoms with van der Waals surface area (Å²) in [6.07, 6.45) is 8.40. The molecule has 2 saturated carbocycles. The van der Waals surface area contributed by atoms with Crippen LogP contribution in [-0.4, -0.2) is 49.1 Å². The molecule has 0 aliphatic heterocycles. The van der Waals surface area contributed by atoms with Crippen molar-refractivity contribution in [3.63, 3.8) is 0 Å². The van der Waals surface area contributed by atoms with Crippen molar-refractivity contribution in [3.05, 3.63) is 0 Å². The van der Waals surface area contributed by atoms with Crippen LogP contribution in [0.4, 0.5) is 0 Å². The predicted molar refractivity (Wildman–Crippen MR) is 157 cm³/mol. The predicted octanol–water partition coefficient (Wildman–Crippen LogP) is 7.98. The first-order valence-electron chi connectivity index (χ1n) is 14.2. The zero-order valence-electron chi connectivity index (χ0n) is 25.8. The molecule has 0 saturated heterocycles. The Kier molecular flexibility index (Phi) is 9.95. The van der Waals surface area contributed by atoms with E-state index in [9.17, 15) is 8.42 Å². The third-order valence-corrected chi connectivity index (χ3v) is 15.6. The zero-order valence-corrected chi connectivity index (χ0v) is 28.6. The van der Waals surface area contributed by atoms with Crippen LogP contribution in [-0.2, 0) is 23.2 Å². The van der Waals surface area contributed by atoms with Gasteiger partial charge in [0.1, 0.15) is 0 Å². The van der Waals surface area contributed by atoms with Gasteiger partial charge in [-0.25, -0.2) is 0 Å². The molecular weight excluding hydrogens is 505 g/mol. The van der Waals surface area contributed by atoms with E-state index in [4.69, 9.17) is 13.0 Å². The second-order valence-electron chi connectivity index (χ2n) is 15.4. The van der Waals surface area contributed by atoms with Crippen LogP contribution >= 0.6 is 0 Å². The molecule has 0 heterocycles. The summed E-state index contributed by atoms with van der Waals surface area (Å²) in [6, 6.07) is 0. The summed E-state index contributed by atoms with van der Waals surface area (Å²) in [5.41, 5.74) is -0.0910. The number of fused-ring (bicyclic) bond motifs is 1. The van der Waals surface area contributed by atoms with E-state index >= 15 is 0 Å². The van der Waals surface area contributed by atoms with Crippen LogP contribution in [0, 0.1) is 23.2 Å². The van der Waals surface area contributed by atoms with E-state index in [1.165, 1.54) is 6.26 Å². The summed E-state index contributed by atoms with van der Waals surface area (Å²) in [6.45, 7) is 27.4. The number of hydrogen-bond acceptors (Lipinski definition) is 5. The average molecular weight is 563 g/mol. The van der Waals surface area contributed by atoms with Gasteiger partial charge in [0.2, 0.25) is 0 Å². The Balaban J connectivity index is 2.25. The summed E-state index contributed by atoms with van der Waals surface area (Å²) in [5.74, 6) is 0.927. The number of rotatable bonds is 11. The van der Waals surface area contributed by atoms with Gasteiger partial charge in [0, 0.05) is 6.10 Å². The van der Waals surface area contributed by atoms with Gasteiger partial charge in [-0.3, -0.25) is 4.18 Å². The van der Waals surface area contributed by atoms with Gasteiger partial charge >= 0.3 is 0 Å². The highest BCUT2D eigenvalue weighted by atomic mass is 32.2. The first-order valence-corrected chi connectivity index (χ1v) is 22.4. The van der Waals surface area contributed by atoms with Crippen molar-refractivity contribution < 1.29 is 21.5 Å². The molecule has 0 aromatic heterocycles. The molecule has 0 radical (unpaired) electrons. The first kappa shape index (κ1) is 32.5. The SMILES string of the molecule is C[C@H](CCCC(C)(C)O[Si](C)(C)C)[C@H]1[C@H](OS(C)(=O)=O)C[C@H]2[C@@H](O[Si](C)(C)C(C)(C)C)CCC[C@]12C. The smallest absolute Gasteiger partial charge is 0.264 e. The van der Waals surface area contributed by atoms with Crippen molar-refractivity contribution in [3.8, 4) is 0 Å². The van der Waals surface area contributed by atoms with Crippen molar-refractivity contribution >= 4 is 26.8 Å². The molecule has 2 aliphatic carbocycles. The summed E-state index contributed by atoms with van der Waals surface area (Å²) >= 11 is 0. The minimum Gasteiger partial charge on any atom is -0.414 e. The molecule has 2 fully saturated rings. The number of hydrogen-bond donors (Lipinski definition) is 0. The van der Waals surface area contributed by atoms with Crippen LogP contribution < -0.4 is 0 Å². The maximum Gasteiger partial charge on any atom is 0.264 e. The lowest BCUT2D eigenvalue weighted by molar-refractivity contribution is -0.0283. The van der Waals surface area contributed by atoms with Crippen molar-refractivity contribution in [1.82, 2.24) is 0 Å². The lowest BCUT2D eigenvalue weighted by Gasteiger charge is -2.49. The van der Waals surface area contributed by atoms with E-state index in [0.717, 1.165) is 44.9 Å². The van der Waals surface area contributed by atoms with Gasteiger partial charge < -0.3 is 8.85 Å². The molecule has 0 N–H and O–H groups in total. The average Bonchev–Trinajstić information content (AvgIpc) is 2.89. The van der Waals surface area contributed by atoms with Gasteiger partial charge in [-0.05, 0) is 100 Å². The van der Waals surface area contributed by atoms with Crippen LogP contribution in [0.3, 0.4) is 0 Å². The molecular formula is C28H58O5SSi2. The second-order valence-corrected chi connectivity index (χ2v) is 26.2. The van der Waals surface area contributed by atoms with E-state index in [1.54, 1.807) is 0 Å². The van der Waals surface area contributed by atoms with Crippen LogP contribution in [0.25, 0.3) is 0 Å². The van der Waals surface area contributed by atoms with Gasteiger partial charge in [0.15, 0.2) is 16.6 Å². The Morgan fingerprint density at radius 1 is 1.03 bits per heavy atom. The lowest BCUT2D eigenvalue weighted by Crippen LogP contribution is -2.50. The maximum absolute atomic E-state index is 12.3. The minimum atomic E-state index is -3.53.